The summed E-state index contributed by atoms with van der Waals surface area (Å²) in [5.74, 6) is 1.51. The molecular weight excluding hydrogens is 198 g/mol. The van der Waals surface area contributed by atoms with Crippen molar-refractivity contribution >= 4 is 0 Å². The minimum atomic E-state index is 0.412. The van der Waals surface area contributed by atoms with Crippen molar-refractivity contribution in [2.45, 2.75) is 33.2 Å². The molecule has 1 atom stereocenters. The van der Waals surface area contributed by atoms with Crippen LogP contribution in [0, 0.1) is 5.92 Å². The number of hydrogen-bond donors (Lipinski definition) is 1. The van der Waals surface area contributed by atoms with Crippen LogP contribution in [0.5, 0.6) is 5.75 Å². The maximum absolute atomic E-state index is 5.26. The third-order valence-electron chi connectivity index (χ3n) is 2.73. The smallest absolute Gasteiger partial charge is 0.119 e. The molecule has 90 valence electrons. The molecule has 0 aliphatic heterocycles. The Hall–Kier alpha value is -1.02. The number of nitrogens with one attached hydrogen (secondary N) is 1. The molecule has 2 nitrogen and oxygen atoms in total. The van der Waals surface area contributed by atoms with Crippen LogP contribution in [0.1, 0.15) is 38.8 Å². The van der Waals surface area contributed by atoms with Crippen molar-refractivity contribution in [3.8, 4) is 5.75 Å². The van der Waals surface area contributed by atoms with Crippen molar-refractivity contribution in [2.75, 3.05) is 13.7 Å². The Labute approximate surface area is 99.0 Å². The molecule has 0 amide bonds. The molecule has 0 fully saturated rings. The van der Waals surface area contributed by atoms with Gasteiger partial charge in [0.25, 0.3) is 0 Å². The van der Waals surface area contributed by atoms with E-state index in [4.69, 9.17) is 4.74 Å². The predicted octanol–water partition coefficient (Wildman–Crippen LogP) is 3.39. The number of rotatable bonds is 6. The van der Waals surface area contributed by atoms with Crippen LogP contribution >= 0.6 is 0 Å². The summed E-state index contributed by atoms with van der Waals surface area (Å²) in [6.07, 6.45) is 1.16. The quantitative estimate of drug-likeness (QED) is 0.795. The number of hydrogen-bond acceptors (Lipinski definition) is 2. The molecule has 0 radical (unpaired) electrons. The Morgan fingerprint density at radius 2 is 2.06 bits per heavy atom. The highest BCUT2D eigenvalue weighted by atomic mass is 16.5. The van der Waals surface area contributed by atoms with E-state index in [1.54, 1.807) is 7.11 Å². The Morgan fingerprint density at radius 1 is 1.31 bits per heavy atom. The second-order valence-corrected chi connectivity index (χ2v) is 4.45. The van der Waals surface area contributed by atoms with E-state index in [1.165, 1.54) is 5.56 Å². The lowest BCUT2D eigenvalue weighted by Gasteiger charge is -2.23. The molecule has 16 heavy (non-hydrogen) atoms. The number of benzene rings is 1. The van der Waals surface area contributed by atoms with E-state index >= 15 is 0 Å². The summed E-state index contributed by atoms with van der Waals surface area (Å²) in [7, 11) is 1.71. The van der Waals surface area contributed by atoms with Crippen molar-refractivity contribution in [1.29, 1.82) is 0 Å². The van der Waals surface area contributed by atoms with Crippen molar-refractivity contribution < 1.29 is 4.74 Å². The summed E-state index contributed by atoms with van der Waals surface area (Å²) in [6.45, 7) is 7.73. The molecular formula is C14H23NO. The number of ether oxygens (including phenoxy) is 1. The third kappa shape index (κ3) is 3.53. The van der Waals surface area contributed by atoms with Gasteiger partial charge in [0.2, 0.25) is 0 Å². The summed E-state index contributed by atoms with van der Waals surface area (Å²) in [5.41, 5.74) is 1.31. The van der Waals surface area contributed by atoms with Crippen LogP contribution in [-0.2, 0) is 0 Å². The van der Waals surface area contributed by atoms with Crippen LogP contribution in [0.4, 0.5) is 0 Å². The average molecular weight is 221 g/mol. The minimum Gasteiger partial charge on any atom is -0.497 e. The van der Waals surface area contributed by atoms with Crippen LogP contribution in [0.3, 0.4) is 0 Å². The van der Waals surface area contributed by atoms with E-state index in [0.717, 1.165) is 18.7 Å². The van der Waals surface area contributed by atoms with Crippen LogP contribution in [0.25, 0.3) is 0 Å². The first-order valence-corrected chi connectivity index (χ1v) is 6.06. The van der Waals surface area contributed by atoms with Crippen LogP contribution in [-0.4, -0.2) is 13.7 Å². The molecule has 0 aromatic heterocycles. The maximum atomic E-state index is 5.26. The van der Waals surface area contributed by atoms with E-state index in [-0.39, 0.29) is 0 Å². The van der Waals surface area contributed by atoms with Gasteiger partial charge in [-0.25, -0.2) is 0 Å². The van der Waals surface area contributed by atoms with E-state index in [1.807, 2.05) is 6.07 Å². The molecule has 0 spiro atoms. The van der Waals surface area contributed by atoms with Crippen LogP contribution < -0.4 is 10.1 Å². The van der Waals surface area contributed by atoms with E-state index in [2.05, 4.69) is 44.3 Å². The Balaban J connectivity index is 2.82. The fraction of sp³-hybridized carbons (Fsp3) is 0.571. The van der Waals surface area contributed by atoms with Gasteiger partial charge in [0, 0.05) is 6.04 Å². The molecule has 0 saturated heterocycles. The molecule has 0 bridgehead atoms. The first-order valence-electron chi connectivity index (χ1n) is 6.06. The van der Waals surface area contributed by atoms with Gasteiger partial charge in [-0.3, -0.25) is 0 Å². The zero-order valence-corrected chi connectivity index (χ0v) is 10.8. The second-order valence-electron chi connectivity index (χ2n) is 4.45. The highest BCUT2D eigenvalue weighted by Gasteiger charge is 2.14. The Morgan fingerprint density at radius 3 is 2.62 bits per heavy atom. The third-order valence-corrected chi connectivity index (χ3v) is 2.73. The monoisotopic (exact) mass is 221 g/mol. The topological polar surface area (TPSA) is 21.3 Å². The first kappa shape index (κ1) is 13.0. The molecule has 0 aliphatic rings. The minimum absolute atomic E-state index is 0.412. The van der Waals surface area contributed by atoms with Crippen molar-refractivity contribution in [1.82, 2.24) is 5.32 Å². The average Bonchev–Trinajstić information content (AvgIpc) is 2.29. The van der Waals surface area contributed by atoms with Gasteiger partial charge in [-0.2, -0.15) is 0 Å². The lowest BCUT2D eigenvalue weighted by Crippen LogP contribution is -2.26. The molecule has 0 heterocycles. The summed E-state index contributed by atoms with van der Waals surface area (Å²) in [4.78, 5) is 0. The van der Waals surface area contributed by atoms with Gasteiger partial charge in [0.1, 0.15) is 5.75 Å². The van der Waals surface area contributed by atoms with Gasteiger partial charge in [0.15, 0.2) is 0 Å². The summed E-state index contributed by atoms with van der Waals surface area (Å²) in [6, 6.07) is 8.73. The molecule has 1 aromatic carbocycles. The van der Waals surface area contributed by atoms with Crippen molar-refractivity contribution in [2.24, 2.45) is 5.92 Å². The highest BCUT2D eigenvalue weighted by molar-refractivity contribution is 5.30. The molecule has 1 unspecified atom stereocenters. The second kappa shape index (κ2) is 6.54. The fourth-order valence-corrected chi connectivity index (χ4v) is 1.87. The SMILES string of the molecule is CCCNC(c1cccc(OC)c1)C(C)C. The molecule has 1 N–H and O–H groups in total. The normalized spacial score (nSPS) is 12.8. The van der Waals surface area contributed by atoms with E-state index in [9.17, 15) is 0 Å². The zero-order chi connectivity index (χ0) is 12.0. The van der Waals surface area contributed by atoms with E-state index < -0.39 is 0 Å². The van der Waals surface area contributed by atoms with Crippen molar-refractivity contribution in [3.05, 3.63) is 29.8 Å². The Bertz CT molecular complexity index is 309. The van der Waals surface area contributed by atoms with Gasteiger partial charge >= 0.3 is 0 Å². The summed E-state index contributed by atoms with van der Waals surface area (Å²) < 4.78 is 5.26. The van der Waals surface area contributed by atoms with Crippen LogP contribution in [0.15, 0.2) is 24.3 Å². The largest absolute Gasteiger partial charge is 0.497 e. The molecule has 1 rings (SSSR count). The number of methoxy groups -OCH3 is 1. The maximum Gasteiger partial charge on any atom is 0.119 e. The molecule has 1 aromatic rings. The van der Waals surface area contributed by atoms with Gasteiger partial charge in [0.05, 0.1) is 7.11 Å². The molecule has 0 aliphatic carbocycles. The van der Waals surface area contributed by atoms with E-state index in [0.29, 0.717) is 12.0 Å². The Kier molecular flexibility index (Phi) is 5.33. The lowest BCUT2D eigenvalue weighted by molar-refractivity contribution is 0.399. The van der Waals surface area contributed by atoms with Crippen molar-refractivity contribution in [3.63, 3.8) is 0 Å². The molecule has 0 saturated carbocycles. The first-order chi connectivity index (χ1) is 7.69. The standard InChI is InChI=1S/C14H23NO/c1-5-9-15-14(11(2)3)12-7-6-8-13(10-12)16-4/h6-8,10-11,14-15H,5,9H2,1-4H3. The van der Waals surface area contributed by atoms with Gasteiger partial charge < -0.3 is 10.1 Å². The molecule has 2 heteroatoms. The lowest BCUT2D eigenvalue weighted by atomic mass is 9.96. The van der Waals surface area contributed by atoms with Crippen LogP contribution in [0.2, 0.25) is 0 Å². The summed E-state index contributed by atoms with van der Waals surface area (Å²) in [5, 5.41) is 3.58. The zero-order valence-electron chi connectivity index (χ0n) is 10.8. The highest BCUT2D eigenvalue weighted by Crippen LogP contribution is 2.24. The van der Waals surface area contributed by atoms with Gasteiger partial charge in [-0.05, 0) is 36.6 Å². The van der Waals surface area contributed by atoms with Gasteiger partial charge in [-0.1, -0.05) is 32.9 Å². The summed E-state index contributed by atoms with van der Waals surface area (Å²) >= 11 is 0. The predicted molar refractivity (Wildman–Crippen MR) is 68.9 cm³/mol. The van der Waals surface area contributed by atoms with Gasteiger partial charge in [-0.15, -0.1) is 0 Å². The fourth-order valence-electron chi connectivity index (χ4n) is 1.87.